The first-order valence-electron chi connectivity index (χ1n) is 9.80. The Hall–Kier alpha value is -3.25. The van der Waals surface area contributed by atoms with Crippen LogP contribution >= 0.6 is 0 Å². The quantitative estimate of drug-likeness (QED) is 0.687. The summed E-state index contributed by atoms with van der Waals surface area (Å²) in [5, 5.41) is 5.42. The molecular weight excluding hydrogens is 411 g/mol. The maximum atomic E-state index is 12.7. The predicted molar refractivity (Wildman–Crippen MR) is 106 cm³/mol. The number of carbonyl (C=O) groups excluding carboxylic acids is 2. The summed E-state index contributed by atoms with van der Waals surface area (Å²) < 4.78 is 43.4. The predicted octanol–water partition coefficient (Wildman–Crippen LogP) is 2.55. The minimum Gasteiger partial charge on any atom is -0.467 e. The van der Waals surface area contributed by atoms with Crippen LogP contribution in [0.1, 0.15) is 29.7 Å². The molecule has 0 saturated carbocycles. The fourth-order valence-corrected chi connectivity index (χ4v) is 3.32. The van der Waals surface area contributed by atoms with Crippen molar-refractivity contribution in [1.29, 1.82) is 0 Å². The van der Waals surface area contributed by atoms with Crippen molar-refractivity contribution in [2.24, 2.45) is 0 Å². The zero-order chi connectivity index (χ0) is 22.3. The third-order valence-corrected chi connectivity index (χ3v) is 4.83. The molecule has 1 aromatic carbocycles. The van der Waals surface area contributed by atoms with Gasteiger partial charge in [0.2, 0.25) is 11.8 Å². The molecule has 1 unspecified atom stereocenters. The van der Waals surface area contributed by atoms with Gasteiger partial charge >= 0.3 is 6.18 Å². The van der Waals surface area contributed by atoms with Gasteiger partial charge in [-0.3, -0.25) is 14.5 Å². The maximum Gasteiger partial charge on any atom is 0.416 e. The van der Waals surface area contributed by atoms with Gasteiger partial charge in [-0.2, -0.15) is 13.2 Å². The van der Waals surface area contributed by atoms with Gasteiger partial charge in [0.05, 0.1) is 37.5 Å². The molecule has 2 N–H and O–H groups in total. The lowest BCUT2D eigenvalue weighted by Gasteiger charge is -2.22. The number of rotatable bonds is 6. The van der Waals surface area contributed by atoms with Crippen molar-refractivity contribution in [1.82, 2.24) is 15.5 Å². The van der Waals surface area contributed by atoms with E-state index >= 15 is 0 Å². The second-order valence-corrected chi connectivity index (χ2v) is 7.08. The second-order valence-electron chi connectivity index (χ2n) is 7.08. The van der Waals surface area contributed by atoms with Crippen molar-refractivity contribution < 1.29 is 27.2 Å². The van der Waals surface area contributed by atoms with Crippen LogP contribution in [0.5, 0.6) is 0 Å². The summed E-state index contributed by atoms with van der Waals surface area (Å²) in [4.78, 5) is 26.4. The summed E-state index contributed by atoms with van der Waals surface area (Å²) in [6.07, 6.45) is -1.43. The first-order chi connectivity index (χ1) is 14.8. The van der Waals surface area contributed by atoms with Crippen LogP contribution in [-0.2, 0) is 22.3 Å². The van der Waals surface area contributed by atoms with E-state index < -0.39 is 17.8 Å². The number of alkyl halides is 3. The van der Waals surface area contributed by atoms with Gasteiger partial charge in [-0.1, -0.05) is 17.9 Å². The van der Waals surface area contributed by atoms with E-state index in [-0.39, 0.29) is 37.0 Å². The molecule has 0 radical (unpaired) electrons. The van der Waals surface area contributed by atoms with Crippen molar-refractivity contribution in [3.05, 3.63) is 59.5 Å². The number of likely N-dealkylation sites (tertiary alicyclic amines) is 1. The first-order valence-corrected chi connectivity index (χ1v) is 9.80. The standard InChI is InChI=1S/C22H22F3N3O3/c23-22(24,25)17-7-1-5-16(13-17)6-2-10-26-20(29)15-28-11-3-9-19(28)21(30)27-14-18-8-4-12-31-18/h1,4-5,7-8,12-13,19H,3,9-11,14-15H2,(H,26,29)(H,27,30). The van der Waals surface area contributed by atoms with Crippen LogP contribution in [0.15, 0.2) is 47.1 Å². The molecule has 1 fully saturated rings. The van der Waals surface area contributed by atoms with Crippen molar-refractivity contribution in [3.8, 4) is 11.8 Å². The van der Waals surface area contributed by atoms with Gasteiger partial charge in [0, 0.05) is 5.56 Å². The summed E-state index contributed by atoms with van der Waals surface area (Å²) in [6, 6.07) is 7.81. The van der Waals surface area contributed by atoms with Gasteiger partial charge in [0.25, 0.3) is 0 Å². The average molecular weight is 433 g/mol. The minimum absolute atomic E-state index is 0.00171. The number of benzene rings is 1. The van der Waals surface area contributed by atoms with Gasteiger partial charge in [-0.25, -0.2) is 0 Å². The van der Waals surface area contributed by atoms with Gasteiger partial charge in [-0.15, -0.1) is 0 Å². The number of hydrogen-bond donors (Lipinski definition) is 2. The molecule has 1 aliphatic heterocycles. The Balaban J connectivity index is 1.45. The van der Waals surface area contributed by atoms with Gasteiger partial charge in [-0.05, 0) is 49.7 Å². The van der Waals surface area contributed by atoms with Crippen LogP contribution in [0, 0.1) is 11.8 Å². The largest absolute Gasteiger partial charge is 0.467 e. The minimum atomic E-state index is -4.43. The molecule has 31 heavy (non-hydrogen) atoms. The summed E-state index contributed by atoms with van der Waals surface area (Å²) in [5.74, 6) is 5.45. The Morgan fingerprint density at radius 1 is 1.19 bits per heavy atom. The molecule has 164 valence electrons. The van der Waals surface area contributed by atoms with E-state index in [1.165, 1.54) is 18.4 Å². The highest BCUT2D eigenvalue weighted by atomic mass is 19.4. The molecule has 0 aliphatic carbocycles. The summed E-state index contributed by atoms with van der Waals surface area (Å²) in [5.41, 5.74) is -0.550. The van der Waals surface area contributed by atoms with E-state index in [0.29, 0.717) is 18.7 Å². The highest BCUT2D eigenvalue weighted by Gasteiger charge is 2.32. The molecular formula is C22H22F3N3O3. The zero-order valence-electron chi connectivity index (χ0n) is 16.7. The van der Waals surface area contributed by atoms with Crippen LogP contribution in [0.4, 0.5) is 13.2 Å². The van der Waals surface area contributed by atoms with E-state index in [9.17, 15) is 22.8 Å². The smallest absolute Gasteiger partial charge is 0.416 e. The van der Waals surface area contributed by atoms with E-state index in [0.717, 1.165) is 18.6 Å². The lowest BCUT2D eigenvalue weighted by molar-refractivity contribution is -0.137. The number of carbonyl (C=O) groups is 2. The fraction of sp³-hybridized carbons (Fsp3) is 0.364. The van der Waals surface area contributed by atoms with Crippen molar-refractivity contribution in [2.75, 3.05) is 19.6 Å². The molecule has 1 saturated heterocycles. The summed E-state index contributed by atoms with van der Waals surface area (Å²) >= 11 is 0. The lowest BCUT2D eigenvalue weighted by atomic mass is 10.1. The fourth-order valence-electron chi connectivity index (χ4n) is 3.32. The van der Waals surface area contributed by atoms with Crippen LogP contribution in [0.3, 0.4) is 0 Å². The normalized spacial score (nSPS) is 16.4. The highest BCUT2D eigenvalue weighted by Crippen LogP contribution is 2.29. The monoisotopic (exact) mass is 433 g/mol. The molecule has 2 aromatic rings. The molecule has 2 amide bonds. The first kappa shape index (κ1) is 22.4. The Kier molecular flexibility index (Phi) is 7.36. The van der Waals surface area contributed by atoms with Crippen LogP contribution in [0.2, 0.25) is 0 Å². The topological polar surface area (TPSA) is 74.6 Å². The van der Waals surface area contributed by atoms with E-state index in [2.05, 4.69) is 22.5 Å². The van der Waals surface area contributed by atoms with Crippen LogP contribution in [-0.4, -0.2) is 42.4 Å². The van der Waals surface area contributed by atoms with E-state index in [4.69, 9.17) is 4.42 Å². The Labute approximate surface area is 177 Å². The van der Waals surface area contributed by atoms with Crippen molar-refractivity contribution >= 4 is 11.8 Å². The Morgan fingerprint density at radius 3 is 2.77 bits per heavy atom. The van der Waals surface area contributed by atoms with E-state index in [1.54, 1.807) is 17.0 Å². The molecule has 2 heterocycles. The van der Waals surface area contributed by atoms with Crippen LogP contribution in [0.25, 0.3) is 0 Å². The third-order valence-electron chi connectivity index (χ3n) is 4.83. The number of halogens is 3. The lowest BCUT2D eigenvalue weighted by Crippen LogP contribution is -2.46. The molecule has 0 spiro atoms. The molecule has 1 atom stereocenters. The van der Waals surface area contributed by atoms with Crippen molar-refractivity contribution in [2.45, 2.75) is 31.6 Å². The summed E-state index contributed by atoms with van der Waals surface area (Å²) in [6.45, 7) is 0.956. The molecule has 3 rings (SSSR count). The van der Waals surface area contributed by atoms with Gasteiger partial charge < -0.3 is 15.1 Å². The van der Waals surface area contributed by atoms with Crippen LogP contribution < -0.4 is 10.6 Å². The highest BCUT2D eigenvalue weighted by molar-refractivity contribution is 5.84. The second kappa shape index (κ2) is 10.2. The number of nitrogens with one attached hydrogen (secondary N) is 2. The summed E-state index contributed by atoms with van der Waals surface area (Å²) in [7, 11) is 0. The SMILES string of the molecule is O=C(CN1CCCC1C(=O)NCc1ccco1)NCC#Cc1cccc(C(F)(F)F)c1. The van der Waals surface area contributed by atoms with Gasteiger partial charge in [0.1, 0.15) is 5.76 Å². The maximum absolute atomic E-state index is 12.7. The van der Waals surface area contributed by atoms with Crippen molar-refractivity contribution in [3.63, 3.8) is 0 Å². The Bertz CT molecular complexity index is 962. The zero-order valence-corrected chi connectivity index (χ0v) is 16.7. The number of furan rings is 1. The number of nitrogens with zero attached hydrogens (tertiary/aromatic N) is 1. The molecule has 1 aromatic heterocycles. The third kappa shape index (κ3) is 6.62. The van der Waals surface area contributed by atoms with E-state index in [1.807, 2.05) is 0 Å². The average Bonchev–Trinajstić information content (AvgIpc) is 3.41. The molecule has 1 aliphatic rings. The van der Waals surface area contributed by atoms with Gasteiger partial charge in [0.15, 0.2) is 0 Å². The molecule has 0 bridgehead atoms. The number of amides is 2. The Morgan fingerprint density at radius 2 is 2.03 bits per heavy atom. The number of hydrogen-bond acceptors (Lipinski definition) is 4. The molecule has 6 nitrogen and oxygen atoms in total. The molecule has 9 heteroatoms.